The lowest BCUT2D eigenvalue weighted by Gasteiger charge is -2.15. The molecule has 0 aliphatic rings. The predicted octanol–water partition coefficient (Wildman–Crippen LogP) is 4.92. The molecule has 0 amide bonds. The van der Waals surface area contributed by atoms with Crippen LogP contribution in [0.3, 0.4) is 0 Å². The van der Waals surface area contributed by atoms with E-state index in [1.54, 1.807) is 7.11 Å². The van der Waals surface area contributed by atoms with Gasteiger partial charge in [0.25, 0.3) is 0 Å². The molecule has 0 heterocycles. The molecule has 1 N–H and O–H groups in total. The zero-order valence-corrected chi connectivity index (χ0v) is 13.7. The van der Waals surface area contributed by atoms with E-state index in [1.165, 1.54) is 70.6 Å². The Morgan fingerprint density at radius 3 is 1.79 bits per heavy atom. The minimum atomic E-state index is 0.647. The first-order valence-corrected chi connectivity index (χ1v) is 8.51. The Kier molecular flexibility index (Phi) is 15.9. The third kappa shape index (κ3) is 14.1. The molecule has 0 spiro atoms. The Morgan fingerprint density at radius 1 is 0.789 bits per heavy atom. The molecule has 1 atom stereocenters. The van der Waals surface area contributed by atoms with E-state index in [0.717, 1.165) is 13.0 Å². The van der Waals surface area contributed by atoms with Crippen molar-refractivity contribution in [3.05, 3.63) is 0 Å². The van der Waals surface area contributed by atoms with Crippen molar-refractivity contribution in [2.75, 3.05) is 20.8 Å². The second kappa shape index (κ2) is 16.0. The average Bonchev–Trinajstić information content (AvgIpc) is 2.44. The molecule has 0 bridgehead atoms. The van der Waals surface area contributed by atoms with Gasteiger partial charge in [-0.25, -0.2) is 0 Å². The van der Waals surface area contributed by atoms with Gasteiger partial charge in [-0.05, 0) is 19.9 Å². The Labute approximate surface area is 121 Å². The molecule has 0 saturated heterocycles. The summed E-state index contributed by atoms with van der Waals surface area (Å²) in [5.74, 6) is 0. The highest BCUT2D eigenvalue weighted by Crippen LogP contribution is 2.12. The van der Waals surface area contributed by atoms with Crippen molar-refractivity contribution in [2.45, 2.75) is 90.0 Å². The summed E-state index contributed by atoms with van der Waals surface area (Å²) in [6, 6.07) is 0.647. The largest absolute Gasteiger partial charge is 0.385 e. The van der Waals surface area contributed by atoms with Gasteiger partial charge in [-0.2, -0.15) is 0 Å². The monoisotopic (exact) mass is 271 g/mol. The van der Waals surface area contributed by atoms with E-state index in [4.69, 9.17) is 4.74 Å². The summed E-state index contributed by atoms with van der Waals surface area (Å²) in [5, 5.41) is 3.39. The molecule has 0 aromatic heterocycles. The fourth-order valence-electron chi connectivity index (χ4n) is 2.57. The minimum absolute atomic E-state index is 0.647. The van der Waals surface area contributed by atoms with E-state index >= 15 is 0 Å². The van der Waals surface area contributed by atoms with Crippen molar-refractivity contribution < 1.29 is 4.74 Å². The van der Waals surface area contributed by atoms with Crippen LogP contribution in [-0.2, 0) is 4.74 Å². The fourth-order valence-corrected chi connectivity index (χ4v) is 2.57. The number of nitrogens with one attached hydrogen (secondary N) is 1. The maximum Gasteiger partial charge on any atom is 0.0477 e. The Hall–Kier alpha value is -0.0800. The van der Waals surface area contributed by atoms with E-state index in [-0.39, 0.29) is 0 Å². The first kappa shape index (κ1) is 18.9. The van der Waals surface area contributed by atoms with E-state index in [1.807, 2.05) is 0 Å². The van der Waals surface area contributed by atoms with Crippen LogP contribution >= 0.6 is 0 Å². The van der Waals surface area contributed by atoms with Gasteiger partial charge < -0.3 is 10.1 Å². The summed E-state index contributed by atoms with van der Waals surface area (Å²) in [6.07, 6.45) is 16.7. The number of hydrogen-bond donors (Lipinski definition) is 1. The summed E-state index contributed by atoms with van der Waals surface area (Å²) in [6.45, 7) is 3.16. The lowest BCUT2D eigenvalue weighted by atomic mass is 10.0. The second-order valence-electron chi connectivity index (χ2n) is 5.74. The molecule has 0 aliphatic carbocycles. The maximum absolute atomic E-state index is 5.13. The molecule has 116 valence electrons. The number of ether oxygens (including phenoxy) is 1. The Bertz CT molecular complexity index is 161. The lowest BCUT2D eigenvalue weighted by Crippen LogP contribution is -2.26. The van der Waals surface area contributed by atoms with Crippen LogP contribution in [-0.4, -0.2) is 26.8 Å². The molecule has 0 aromatic rings. The van der Waals surface area contributed by atoms with Crippen molar-refractivity contribution in [2.24, 2.45) is 0 Å². The molecule has 0 rings (SSSR count). The van der Waals surface area contributed by atoms with Crippen molar-refractivity contribution in [1.29, 1.82) is 0 Å². The van der Waals surface area contributed by atoms with Gasteiger partial charge in [0.15, 0.2) is 0 Å². The second-order valence-corrected chi connectivity index (χ2v) is 5.74. The summed E-state index contributed by atoms with van der Waals surface area (Å²) in [7, 11) is 3.85. The molecule has 0 aliphatic heterocycles. The zero-order valence-electron chi connectivity index (χ0n) is 13.7. The van der Waals surface area contributed by atoms with Crippen LogP contribution in [0.25, 0.3) is 0 Å². The summed E-state index contributed by atoms with van der Waals surface area (Å²) in [4.78, 5) is 0. The molecule has 1 unspecified atom stereocenters. The fraction of sp³-hybridized carbons (Fsp3) is 1.00. The third-order valence-corrected chi connectivity index (χ3v) is 3.98. The molecular formula is C17H37NO. The molecule has 2 nitrogen and oxygen atoms in total. The summed E-state index contributed by atoms with van der Waals surface area (Å²) >= 11 is 0. The lowest BCUT2D eigenvalue weighted by molar-refractivity contribution is 0.182. The molecule has 0 radical (unpaired) electrons. The van der Waals surface area contributed by atoms with E-state index in [2.05, 4.69) is 19.3 Å². The van der Waals surface area contributed by atoms with Gasteiger partial charge in [-0.3, -0.25) is 0 Å². The van der Waals surface area contributed by atoms with Gasteiger partial charge >= 0.3 is 0 Å². The highest BCUT2D eigenvalue weighted by atomic mass is 16.5. The topological polar surface area (TPSA) is 21.3 Å². The average molecular weight is 271 g/mol. The number of unbranched alkanes of at least 4 members (excludes halogenated alkanes) is 9. The Morgan fingerprint density at radius 2 is 1.32 bits per heavy atom. The number of rotatable bonds is 15. The van der Waals surface area contributed by atoms with Crippen LogP contribution in [0, 0.1) is 0 Å². The quantitative estimate of drug-likeness (QED) is 0.427. The highest BCUT2D eigenvalue weighted by molar-refractivity contribution is 4.64. The van der Waals surface area contributed by atoms with Crippen LogP contribution in [0.15, 0.2) is 0 Å². The minimum Gasteiger partial charge on any atom is -0.385 e. The van der Waals surface area contributed by atoms with Crippen LogP contribution < -0.4 is 5.32 Å². The number of methoxy groups -OCH3 is 1. The van der Waals surface area contributed by atoms with Gasteiger partial charge in [-0.15, -0.1) is 0 Å². The zero-order chi connectivity index (χ0) is 14.2. The van der Waals surface area contributed by atoms with Gasteiger partial charge in [0.1, 0.15) is 0 Å². The van der Waals surface area contributed by atoms with Crippen LogP contribution in [0.5, 0.6) is 0 Å². The van der Waals surface area contributed by atoms with Crippen LogP contribution in [0.4, 0.5) is 0 Å². The van der Waals surface area contributed by atoms with Gasteiger partial charge in [0.05, 0.1) is 0 Å². The Balaban J connectivity index is 3.16. The molecule has 2 heteroatoms. The molecule has 0 aromatic carbocycles. The van der Waals surface area contributed by atoms with Crippen molar-refractivity contribution in [3.63, 3.8) is 0 Å². The van der Waals surface area contributed by atoms with Crippen molar-refractivity contribution >= 4 is 0 Å². The van der Waals surface area contributed by atoms with E-state index in [9.17, 15) is 0 Å². The predicted molar refractivity (Wildman–Crippen MR) is 85.8 cm³/mol. The van der Waals surface area contributed by atoms with Crippen molar-refractivity contribution in [1.82, 2.24) is 5.32 Å². The van der Waals surface area contributed by atoms with Gasteiger partial charge in [0.2, 0.25) is 0 Å². The SMILES string of the molecule is CCCCCCCCCCCCC(CCOC)NC. The molecule has 0 fully saturated rings. The smallest absolute Gasteiger partial charge is 0.0477 e. The normalized spacial score (nSPS) is 12.8. The van der Waals surface area contributed by atoms with Gasteiger partial charge in [-0.1, -0.05) is 71.1 Å². The molecular weight excluding hydrogens is 234 g/mol. The molecule has 0 saturated carbocycles. The molecule has 19 heavy (non-hydrogen) atoms. The standard InChI is InChI=1S/C17H37NO/c1-4-5-6-7-8-9-10-11-12-13-14-17(18-2)15-16-19-3/h17-18H,4-16H2,1-3H3. The van der Waals surface area contributed by atoms with Crippen LogP contribution in [0.1, 0.15) is 84.0 Å². The first-order chi connectivity index (χ1) is 9.35. The first-order valence-electron chi connectivity index (χ1n) is 8.51. The van der Waals surface area contributed by atoms with E-state index in [0.29, 0.717) is 6.04 Å². The summed E-state index contributed by atoms with van der Waals surface area (Å²) in [5.41, 5.74) is 0. The highest BCUT2D eigenvalue weighted by Gasteiger charge is 2.04. The maximum atomic E-state index is 5.13. The summed E-state index contributed by atoms with van der Waals surface area (Å²) < 4.78 is 5.13. The number of hydrogen-bond acceptors (Lipinski definition) is 2. The van der Waals surface area contributed by atoms with Gasteiger partial charge in [0, 0.05) is 19.8 Å². The van der Waals surface area contributed by atoms with Crippen LogP contribution in [0.2, 0.25) is 0 Å². The third-order valence-electron chi connectivity index (χ3n) is 3.98. The van der Waals surface area contributed by atoms with Crippen molar-refractivity contribution in [3.8, 4) is 0 Å². The van der Waals surface area contributed by atoms with E-state index < -0.39 is 0 Å².